The van der Waals surface area contributed by atoms with Gasteiger partial charge < -0.3 is 20.4 Å². The highest BCUT2D eigenvalue weighted by Gasteiger charge is 2.21. The Morgan fingerprint density at radius 3 is 2.20 bits per heavy atom. The fraction of sp³-hybridized carbons (Fsp3) is 0.238. The quantitative estimate of drug-likeness (QED) is 0.657. The Balaban J connectivity index is 1.33. The maximum atomic E-state index is 12.6. The molecule has 0 spiro atoms. The zero-order chi connectivity index (χ0) is 20.9. The predicted octanol–water partition coefficient (Wildman–Crippen LogP) is 3.08. The summed E-state index contributed by atoms with van der Waals surface area (Å²) in [6, 6.07) is 12.9. The minimum Gasteiger partial charge on any atom is -0.353 e. The van der Waals surface area contributed by atoms with Gasteiger partial charge in [-0.3, -0.25) is 9.59 Å². The zero-order valence-electron chi connectivity index (χ0n) is 16.5. The summed E-state index contributed by atoms with van der Waals surface area (Å²) in [7, 11) is 0. The SMILES string of the molecule is CC(=O)Nc1ccc(NC(=O)c2cnc(N3CCN(c4ccccn4)CC3)s2)cc1. The number of carbonyl (C=O) groups is 2. The molecule has 0 saturated carbocycles. The van der Waals surface area contributed by atoms with Crippen molar-refractivity contribution in [3.63, 3.8) is 0 Å². The molecule has 1 aliphatic rings. The van der Waals surface area contributed by atoms with Gasteiger partial charge in [0.2, 0.25) is 5.91 Å². The number of nitrogens with one attached hydrogen (secondary N) is 2. The van der Waals surface area contributed by atoms with Crippen molar-refractivity contribution in [2.24, 2.45) is 0 Å². The van der Waals surface area contributed by atoms with Gasteiger partial charge in [0.05, 0.1) is 6.20 Å². The van der Waals surface area contributed by atoms with E-state index in [0.717, 1.165) is 37.1 Å². The van der Waals surface area contributed by atoms with Gasteiger partial charge in [-0.2, -0.15) is 0 Å². The van der Waals surface area contributed by atoms with Gasteiger partial charge in [0.1, 0.15) is 10.7 Å². The van der Waals surface area contributed by atoms with E-state index in [1.807, 2.05) is 18.2 Å². The fourth-order valence-electron chi connectivity index (χ4n) is 3.22. The highest BCUT2D eigenvalue weighted by atomic mass is 32.1. The van der Waals surface area contributed by atoms with E-state index in [0.29, 0.717) is 16.3 Å². The number of thiazole rings is 1. The number of piperazine rings is 1. The van der Waals surface area contributed by atoms with Gasteiger partial charge in [0, 0.05) is 50.7 Å². The molecular formula is C21H22N6O2S. The Labute approximate surface area is 178 Å². The van der Waals surface area contributed by atoms with E-state index in [2.05, 4.69) is 30.4 Å². The summed E-state index contributed by atoms with van der Waals surface area (Å²) in [6.45, 7) is 4.83. The Kier molecular flexibility index (Phi) is 5.89. The maximum Gasteiger partial charge on any atom is 0.267 e. The van der Waals surface area contributed by atoms with E-state index in [-0.39, 0.29) is 11.8 Å². The van der Waals surface area contributed by atoms with Crippen LogP contribution in [0.1, 0.15) is 16.6 Å². The second-order valence-electron chi connectivity index (χ2n) is 6.88. The molecule has 3 heterocycles. The molecule has 0 atom stereocenters. The number of rotatable bonds is 5. The molecule has 1 saturated heterocycles. The summed E-state index contributed by atoms with van der Waals surface area (Å²) in [5.74, 6) is 0.656. The van der Waals surface area contributed by atoms with Crippen LogP contribution in [-0.2, 0) is 4.79 Å². The van der Waals surface area contributed by atoms with Crippen LogP contribution < -0.4 is 20.4 Å². The summed E-state index contributed by atoms with van der Waals surface area (Å²) in [4.78, 5) is 37.5. The smallest absolute Gasteiger partial charge is 0.267 e. The van der Waals surface area contributed by atoms with E-state index < -0.39 is 0 Å². The molecule has 0 bridgehead atoms. The molecule has 1 aromatic carbocycles. The largest absolute Gasteiger partial charge is 0.353 e. The number of hydrogen-bond donors (Lipinski definition) is 2. The molecule has 1 fully saturated rings. The monoisotopic (exact) mass is 422 g/mol. The van der Waals surface area contributed by atoms with Crippen molar-refractivity contribution in [2.75, 3.05) is 46.6 Å². The average molecular weight is 423 g/mol. The molecule has 0 unspecified atom stereocenters. The van der Waals surface area contributed by atoms with Crippen LogP contribution in [-0.4, -0.2) is 48.0 Å². The summed E-state index contributed by atoms with van der Waals surface area (Å²) in [5, 5.41) is 6.41. The lowest BCUT2D eigenvalue weighted by molar-refractivity contribution is -0.114. The van der Waals surface area contributed by atoms with E-state index in [1.165, 1.54) is 18.3 Å². The van der Waals surface area contributed by atoms with Crippen LogP contribution in [0.5, 0.6) is 0 Å². The summed E-state index contributed by atoms with van der Waals surface area (Å²) >= 11 is 1.39. The molecule has 154 valence electrons. The first-order valence-corrected chi connectivity index (χ1v) is 10.5. The number of hydrogen-bond acceptors (Lipinski definition) is 7. The molecule has 30 heavy (non-hydrogen) atoms. The molecule has 9 heteroatoms. The highest BCUT2D eigenvalue weighted by Crippen LogP contribution is 2.25. The van der Waals surface area contributed by atoms with Gasteiger partial charge in [0.25, 0.3) is 5.91 Å². The maximum absolute atomic E-state index is 12.6. The molecule has 3 aromatic rings. The lowest BCUT2D eigenvalue weighted by atomic mass is 10.2. The van der Waals surface area contributed by atoms with E-state index >= 15 is 0 Å². The lowest BCUT2D eigenvalue weighted by Crippen LogP contribution is -2.46. The molecule has 2 aromatic heterocycles. The molecule has 2 amide bonds. The molecular weight excluding hydrogens is 400 g/mol. The van der Waals surface area contributed by atoms with Gasteiger partial charge in [-0.1, -0.05) is 17.4 Å². The van der Waals surface area contributed by atoms with E-state index in [1.54, 1.807) is 36.7 Å². The van der Waals surface area contributed by atoms with Crippen molar-refractivity contribution in [3.05, 3.63) is 59.7 Å². The highest BCUT2D eigenvalue weighted by molar-refractivity contribution is 7.17. The van der Waals surface area contributed by atoms with Crippen LogP contribution >= 0.6 is 11.3 Å². The van der Waals surface area contributed by atoms with Gasteiger partial charge in [-0.25, -0.2) is 9.97 Å². The Hall–Kier alpha value is -3.46. The normalized spacial score (nSPS) is 13.8. The van der Waals surface area contributed by atoms with Gasteiger partial charge in [0.15, 0.2) is 5.13 Å². The Bertz CT molecular complexity index is 1010. The van der Waals surface area contributed by atoms with Crippen molar-refractivity contribution in [2.45, 2.75) is 6.92 Å². The van der Waals surface area contributed by atoms with E-state index in [9.17, 15) is 9.59 Å². The van der Waals surface area contributed by atoms with Crippen LogP contribution in [0.4, 0.5) is 22.3 Å². The van der Waals surface area contributed by atoms with Crippen LogP contribution in [0, 0.1) is 0 Å². The third-order valence-corrected chi connectivity index (χ3v) is 5.76. The van der Waals surface area contributed by atoms with Crippen LogP contribution in [0.25, 0.3) is 0 Å². The standard InChI is InChI=1S/C21H22N6O2S/c1-15(28)24-16-5-7-17(8-6-16)25-20(29)18-14-23-21(30-18)27-12-10-26(11-13-27)19-4-2-3-9-22-19/h2-9,14H,10-13H2,1H3,(H,24,28)(H,25,29). The number of aromatic nitrogens is 2. The van der Waals surface area contributed by atoms with Gasteiger partial charge in [-0.15, -0.1) is 0 Å². The Morgan fingerprint density at radius 1 is 0.900 bits per heavy atom. The topological polar surface area (TPSA) is 90.5 Å². The molecule has 8 nitrogen and oxygen atoms in total. The number of amides is 2. The summed E-state index contributed by atoms with van der Waals surface area (Å²) in [6.07, 6.45) is 3.42. The van der Waals surface area contributed by atoms with Crippen LogP contribution in [0.2, 0.25) is 0 Å². The van der Waals surface area contributed by atoms with Crippen molar-refractivity contribution in [1.29, 1.82) is 0 Å². The van der Waals surface area contributed by atoms with Crippen LogP contribution in [0.3, 0.4) is 0 Å². The van der Waals surface area contributed by atoms with Crippen molar-refractivity contribution < 1.29 is 9.59 Å². The molecule has 1 aliphatic heterocycles. The first-order chi connectivity index (χ1) is 14.6. The second kappa shape index (κ2) is 8.91. The number of pyridine rings is 1. The number of anilines is 4. The van der Waals surface area contributed by atoms with Crippen LogP contribution in [0.15, 0.2) is 54.9 Å². The minimum atomic E-state index is -0.196. The average Bonchev–Trinajstić information content (AvgIpc) is 3.26. The second-order valence-corrected chi connectivity index (χ2v) is 7.89. The summed E-state index contributed by atoms with van der Waals surface area (Å²) in [5.41, 5.74) is 1.35. The number of carbonyl (C=O) groups excluding carboxylic acids is 2. The zero-order valence-corrected chi connectivity index (χ0v) is 17.4. The lowest BCUT2D eigenvalue weighted by Gasteiger charge is -2.35. The van der Waals surface area contributed by atoms with Crippen molar-refractivity contribution >= 4 is 45.5 Å². The third-order valence-electron chi connectivity index (χ3n) is 4.70. The third kappa shape index (κ3) is 4.74. The van der Waals surface area contributed by atoms with Crippen molar-refractivity contribution in [1.82, 2.24) is 9.97 Å². The predicted molar refractivity (Wildman–Crippen MR) is 119 cm³/mol. The number of nitrogens with zero attached hydrogens (tertiary/aromatic N) is 4. The molecule has 0 aliphatic carbocycles. The Morgan fingerprint density at radius 2 is 1.57 bits per heavy atom. The van der Waals surface area contributed by atoms with Gasteiger partial charge >= 0.3 is 0 Å². The van der Waals surface area contributed by atoms with E-state index in [4.69, 9.17) is 0 Å². The number of benzene rings is 1. The molecule has 2 N–H and O–H groups in total. The molecule has 4 rings (SSSR count). The first kappa shape index (κ1) is 19.8. The fourth-order valence-corrected chi connectivity index (χ4v) is 4.08. The summed E-state index contributed by atoms with van der Waals surface area (Å²) < 4.78 is 0. The minimum absolute atomic E-state index is 0.134. The van der Waals surface area contributed by atoms with Crippen molar-refractivity contribution in [3.8, 4) is 0 Å². The first-order valence-electron chi connectivity index (χ1n) is 9.64. The van der Waals surface area contributed by atoms with Gasteiger partial charge in [-0.05, 0) is 36.4 Å². The molecule has 0 radical (unpaired) electrons.